The minimum Gasteiger partial charge on any atom is -0.394 e. The van der Waals surface area contributed by atoms with Gasteiger partial charge in [0.25, 0.3) is 0 Å². The van der Waals surface area contributed by atoms with Gasteiger partial charge in [0.1, 0.15) is 24.4 Å². The molecule has 1 amide bonds. The number of ether oxygens (including phenoxy) is 2. The van der Waals surface area contributed by atoms with Crippen LogP contribution in [0.3, 0.4) is 0 Å². The predicted molar refractivity (Wildman–Crippen MR) is 317 cm³/mol. The molecule has 1 aliphatic heterocycles. The molecule has 0 radical (unpaired) electrons. The summed E-state index contributed by atoms with van der Waals surface area (Å²) < 4.78 is 11.3. The third kappa shape index (κ3) is 43.3. The van der Waals surface area contributed by atoms with Gasteiger partial charge in [-0.25, -0.2) is 0 Å². The molecule has 7 atom stereocenters. The van der Waals surface area contributed by atoms with Crippen molar-refractivity contribution in [3.8, 4) is 0 Å². The highest BCUT2D eigenvalue weighted by Gasteiger charge is 2.44. The average Bonchev–Trinajstić information content (AvgIpc) is 3.41. The minimum atomic E-state index is -1.58. The number of carbonyl (C=O) groups is 1. The van der Waals surface area contributed by atoms with Crippen LogP contribution in [0.4, 0.5) is 0 Å². The maximum Gasteiger partial charge on any atom is 0.220 e. The first-order chi connectivity index (χ1) is 36.8. The molecule has 1 rings (SSSR count). The highest BCUT2D eigenvalue weighted by molar-refractivity contribution is 5.76. The fraction of sp³-hybridized carbons (Fsp3) is 0.682. The molecule has 0 aromatic rings. The smallest absolute Gasteiger partial charge is 0.220 e. The lowest BCUT2D eigenvalue weighted by Crippen LogP contribution is -2.60. The summed E-state index contributed by atoms with van der Waals surface area (Å²) in [6, 6.07) is -0.840. The lowest BCUT2D eigenvalue weighted by molar-refractivity contribution is -0.302. The Morgan fingerprint density at radius 1 is 0.467 bits per heavy atom. The number of aliphatic hydroxyl groups is 5. The van der Waals surface area contributed by atoms with E-state index in [9.17, 15) is 30.3 Å². The standard InChI is InChI=1S/C66H111NO8/c1-3-5-7-9-11-13-15-17-19-21-23-25-26-27-28-29-30-31-32-33-34-36-38-40-42-44-46-48-50-52-54-56-62(70)67-59(58-74-66-65(73)64(72)63(71)61(57-68)75-66)60(69)55-53-51-49-47-45-43-41-39-37-35-24-22-20-18-16-14-12-10-8-6-4-2/h5,7,11,13,17,19,23,25,27-28,30-31,33-34,38,40,45,47,53,55,59-61,63-66,68-69,71-73H,3-4,6,8-10,12,14-16,18,20-22,24,26,29,32,35-37,39,41-44,46,48-52,54,56-58H2,1-2H3,(H,67,70)/b7-5-,13-11-,19-17-,25-23-,28-27-,31-30-,34-33-,40-38-,47-45+,55-53+. The van der Waals surface area contributed by atoms with Gasteiger partial charge < -0.3 is 40.3 Å². The molecule has 9 heteroatoms. The second-order valence-electron chi connectivity index (χ2n) is 20.4. The molecule has 7 unspecified atom stereocenters. The lowest BCUT2D eigenvalue weighted by atomic mass is 9.99. The van der Waals surface area contributed by atoms with Gasteiger partial charge in [0, 0.05) is 6.42 Å². The van der Waals surface area contributed by atoms with Gasteiger partial charge in [0.2, 0.25) is 5.91 Å². The zero-order valence-electron chi connectivity index (χ0n) is 47.5. The predicted octanol–water partition coefficient (Wildman–Crippen LogP) is 15.5. The van der Waals surface area contributed by atoms with Crippen molar-refractivity contribution in [2.45, 2.75) is 275 Å². The van der Waals surface area contributed by atoms with Crippen molar-refractivity contribution >= 4 is 5.91 Å². The van der Waals surface area contributed by atoms with Crippen molar-refractivity contribution in [1.29, 1.82) is 0 Å². The van der Waals surface area contributed by atoms with Gasteiger partial charge in [0.05, 0.1) is 25.4 Å². The van der Waals surface area contributed by atoms with Crippen molar-refractivity contribution in [2.75, 3.05) is 13.2 Å². The van der Waals surface area contributed by atoms with Crippen LogP contribution in [-0.2, 0) is 14.3 Å². The largest absolute Gasteiger partial charge is 0.394 e. The first-order valence-electron chi connectivity index (χ1n) is 30.3. The van der Waals surface area contributed by atoms with Crippen LogP contribution in [0, 0.1) is 0 Å². The molecule has 1 aliphatic rings. The summed E-state index contributed by atoms with van der Waals surface area (Å²) in [5, 5.41) is 54.5. The molecule has 75 heavy (non-hydrogen) atoms. The number of rotatable bonds is 50. The lowest BCUT2D eigenvalue weighted by Gasteiger charge is -2.40. The first kappa shape index (κ1) is 69.6. The number of unbranched alkanes of at least 4 members (excludes halogenated alkanes) is 22. The van der Waals surface area contributed by atoms with Crippen molar-refractivity contribution in [1.82, 2.24) is 5.32 Å². The molecule has 428 valence electrons. The van der Waals surface area contributed by atoms with Gasteiger partial charge >= 0.3 is 0 Å². The normalized spacial score (nSPS) is 19.8. The summed E-state index contributed by atoms with van der Waals surface area (Å²) in [7, 11) is 0. The summed E-state index contributed by atoms with van der Waals surface area (Å²) in [6.07, 6.45) is 74.0. The molecule has 1 fully saturated rings. The molecule has 9 nitrogen and oxygen atoms in total. The molecular weight excluding hydrogens is 935 g/mol. The first-order valence-corrected chi connectivity index (χ1v) is 30.3. The third-order valence-electron chi connectivity index (χ3n) is 13.5. The molecule has 0 saturated carbocycles. The Morgan fingerprint density at radius 2 is 0.840 bits per heavy atom. The van der Waals surface area contributed by atoms with Gasteiger partial charge in [-0.05, 0) is 96.3 Å². The molecule has 0 aromatic carbocycles. The number of hydrogen-bond donors (Lipinski definition) is 6. The Balaban J connectivity index is 2.26. The van der Waals surface area contributed by atoms with E-state index in [0.29, 0.717) is 6.42 Å². The molecule has 0 spiro atoms. The summed E-state index contributed by atoms with van der Waals surface area (Å²) in [5.74, 6) is -0.205. The maximum atomic E-state index is 13.1. The number of carbonyl (C=O) groups excluding carboxylic acids is 1. The number of allylic oxidation sites excluding steroid dienone is 19. The molecule has 0 aliphatic carbocycles. The van der Waals surface area contributed by atoms with Crippen molar-refractivity contribution in [3.63, 3.8) is 0 Å². The van der Waals surface area contributed by atoms with Crippen LogP contribution >= 0.6 is 0 Å². The highest BCUT2D eigenvalue weighted by Crippen LogP contribution is 2.23. The van der Waals surface area contributed by atoms with E-state index in [1.807, 2.05) is 6.08 Å². The van der Waals surface area contributed by atoms with Crippen molar-refractivity contribution in [3.05, 3.63) is 122 Å². The van der Waals surface area contributed by atoms with E-state index in [-0.39, 0.29) is 12.5 Å². The van der Waals surface area contributed by atoms with E-state index >= 15 is 0 Å². The Hall–Kier alpha value is -3.41. The molecule has 1 saturated heterocycles. The van der Waals surface area contributed by atoms with E-state index in [1.165, 1.54) is 96.3 Å². The van der Waals surface area contributed by atoms with E-state index in [4.69, 9.17) is 9.47 Å². The Kier molecular flexibility index (Phi) is 50.1. The Bertz CT molecular complexity index is 1590. The topological polar surface area (TPSA) is 149 Å². The Labute approximate surface area is 458 Å². The van der Waals surface area contributed by atoms with Crippen LogP contribution in [0.15, 0.2) is 122 Å². The van der Waals surface area contributed by atoms with Gasteiger partial charge in [0.15, 0.2) is 6.29 Å². The van der Waals surface area contributed by atoms with Gasteiger partial charge in [-0.15, -0.1) is 0 Å². The van der Waals surface area contributed by atoms with Crippen LogP contribution in [0.1, 0.15) is 232 Å². The molecular formula is C66H111NO8. The van der Waals surface area contributed by atoms with Crippen molar-refractivity contribution in [2.24, 2.45) is 0 Å². The number of amides is 1. The van der Waals surface area contributed by atoms with Gasteiger partial charge in [-0.1, -0.05) is 251 Å². The van der Waals surface area contributed by atoms with Crippen LogP contribution in [0.25, 0.3) is 0 Å². The second-order valence-corrected chi connectivity index (χ2v) is 20.4. The zero-order valence-corrected chi connectivity index (χ0v) is 47.5. The molecule has 6 N–H and O–H groups in total. The monoisotopic (exact) mass is 1050 g/mol. The summed E-state index contributed by atoms with van der Waals surface area (Å²) >= 11 is 0. The number of hydrogen-bond acceptors (Lipinski definition) is 8. The zero-order chi connectivity index (χ0) is 54.3. The van der Waals surface area contributed by atoms with E-state index in [1.54, 1.807) is 6.08 Å². The fourth-order valence-electron chi connectivity index (χ4n) is 8.78. The van der Waals surface area contributed by atoms with E-state index in [2.05, 4.69) is 129 Å². The SMILES string of the molecule is CC/C=C\C/C=C\C/C=C\C/C=C\C/C=C\C/C=C\C/C=C\C/C=C\CCCCCCCCC(=O)NC(COC1OC(CO)C(O)C(O)C1O)C(O)/C=C/CC/C=C/CCCCCCCCCCCCCCCCC. The summed E-state index contributed by atoms with van der Waals surface area (Å²) in [5.41, 5.74) is 0. The average molecular weight is 1050 g/mol. The Morgan fingerprint density at radius 3 is 1.28 bits per heavy atom. The van der Waals surface area contributed by atoms with Gasteiger partial charge in [-0.2, -0.15) is 0 Å². The fourth-order valence-corrected chi connectivity index (χ4v) is 8.78. The summed E-state index contributed by atoms with van der Waals surface area (Å²) in [4.78, 5) is 13.1. The highest BCUT2D eigenvalue weighted by atomic mass is 16.7. The second kappa shape index (κ2) is 54.0. The molecule has 0 bridgehead atoms. The van der Waals surface area contributed by atoms with Crippen LogP contribution < -0.4 is 5.32 Å². The minimum absolute atomic E-state index is 0.205. The number of aliphatic hydroxyl groups excluding tert-OH is 5. The van der Waals surface area contributed by atoms with E-state index < -0.39 is 49.5 Å². The van der Waals surface area contributed by atoms with Crippen molar-refractivity contribution < 1.29 is 39.8 Å². The number of nitrogens with one attached hydrogen (secondary N) is 1. The van der Waals surface area contributed by atoms with E-state index in [0.717, 1.165) is 116 Å². The van der Waals surface area contributed by atoms with Crippen LogP contribution in [-0.4, -0.2) is 87.5 Å². The third-order valence-corrected chi connectivity index (χ3v) is 13.5. The molecule has 1 heterocycles. The summed E-state index contributed by atoms with van der Waals surface area (Å²) in [6.45, 7) is 3.64. The van der Waals surface area contributed by atoms with Crippen LogP contribution in [0.5, 0.6) is 0 Å². The quantitative estimate of drug-likeness (QED) is 0.0261. The van der Waals surface area contributed by atoms with Gasteiger partial charge in [-0.3, -0.25) is 4.79 Å². The van der Waals surface area contributed by atoms with Crippen LogP contribution in [0.2, 0.25) is 0 Å². The maximum absolute atomic E-state index is 13.1. The molecule has 0 aromatic heterocycles.